The van der Waals surface area contributed by atoms with E-state index in [9.17, 15) is 9.18 Å². The molecule has 2 nitrogen and oxygen atoms in total. The second kappa shape index (κ2) is 2.94. The number of hydrogen-bond donors (Lipinski definition) is 0. The summed E-state index contributed by atoms with van der Waals surface area (Å²) in [5.74, 6) is 2.61. The quantitative estimate of drug-likeness (QED) is 0.605. The summed E-state index contributed by atoms with van der Waals surface area (Å²) in [6.45, 7) is 0. The normalized spacial score (nSPS) is 49.4. The summed E-state index contributed by atoms with van der Waals surface area (Å²) in [4.78, 5) is 10.3. The van der Waals surface area contributed by atoms with E-state index in [0.717, 1.165) is 37.5 Å². The topological polar surface area (TPSA) is 26.3 Å². The summed E-state index contributed by atoms with van der Waals surface area (Å²) >= 11 is 0. The maximum atomic E-state index is 12.2. The molecule has 4 bridgehead atoms. The molecule has 0 aromatic carbocycles. The van der Waals surface area contributed by atoms with Crippen molar-refractivity contribution in [1.82, 2.24) is 0 Å². The van der Waals surface area contributed by atoms with Crippen LogP contribution in [0.1, 0.15) is 32.1 Å². The average molecular weight is 198 g/mol. The summed E-state index contributed by atoms with van der Waals surface area (Å²) in [5.41, 5.74) is 0. The van der Waals surface area contributed by atoms with E-state index in [1.807, 2.05) is 0 Å². The van der Waals surface area contributed by atoms with Crippen molar-refractivity contribution < 1.29 is 13.9 Å². The molecule has 4 fully saturated rings. The number of carbonyl (C=O) groups is 1. The van der Waals surface area contributed by atoms with Gasteiger partial charge in [0.2, 0.25) is 0 Å². The van der Waals surface area contributed by atoms with E-state index in [2.05, 4.69) is 0 Å². The Morgan fingerprint density at radius 1 is 1.00 bits per heavy atom. The van der Waals surface area contributed by atoms with Crippen LogP contribution >= 0.6 is 0 Å². The molecule has 0 aromatic rings. The number of carbonyl (C=O) groups excluding carboxylic acids is 1. The smallest absolute Gasteiger partial charge is 0.436 e. The Balaban J connectivity index is 1.77. The lowest BCUT2D eigenvalue weighted by Gasteiger charge is -2.53. The summed E-state index contributed by atoms with van der Waals surface area (Å²) in [5, 5.41) is 0. The molecule has 4 rings (SSSR count). The fourth-order valence-electron chi connectivity index (χ4n) is 4.17. The zero-order chi connectivity index (χ0) is 9.71. The predicted molar refractivity (Wildman–Crippen MR) is 48.4 cm³/mol. The molecular formula is C11H15FO2. The lowest BCUT2D eigenvalue weighted by Crippen LogP contribution is -2.49. The Morgan fingerprint density at radius 2 is 1.50 bits per heavy atom. The van der Waals surface area contributed by atoms with Crippen LogP contribution in [0.15, 0.2) is 0 Å². The maximum Gasteiger partial charge on any atom is 0.495 e. The van der Waals surface area contributed by atoms with Crippen LogP contribution < -0.4 is 0 Å². The molecule has 0 heterocycles. The molecule has 4 aliphatic carbocycles. The van der Waals surface area contributed by atoms with Crippen molar-refractivity contribution in [3.8, 4) is 0 Å². The molecule has 0 radical (unpaired) electrons. The van der Waals surface area contributed by atoms with Crippen LogP contribution in [0.4, 0.5) is 9.18 Å². The first-order valence-electron chi connectivity index (χ1n) is 5.58. The van der Waals surface area contributed by atoms with Crippen LogP contribution in [-0.2, 0) is 4.74 Å². The van der Waals surface area contributed by atoms with Gasteiger partial charge in [0.1, 0.15) is 6.10 Å². The second-order valence-corrected chi connectivity index (χ2v) is 5.25. The summed E-state index contributed by atoms with van der Waals surface area (Å²) < 4.78 is 17.1. The Hall–Kier alpha value is -0.600. The van der Waals surface area contributed by atoms with E-state index in [1.165, 1.54) is 6.42 Å². The Labute approximate surface area is 82.8 Å². The van der Waals surface area contributed by atoms with Gasteiger partial charge in [0.15, 0.2) is 0 Å². The van der Waals surface area contributed by atoms with Crippen molar-refractivity contribution in [2.75, 3.05) is 0 Å². The number of halogens is 1. The highest BCUT2D eigenvalue weighted by Gasteiger charge is 2.49. The van der Waals surface area contributed by atoms with Gasteiger partial charge in [-0.2, -0.15) is 0 Å². The second-order valence-electron chi connectivity index (χ2n) is 5.25. The van der Waals surface area contributed by atoms with Gasteiger partial charge in [-0.05, 0) is 55.8 Å². The van der Waals surface area contributed by atoms with Gasteiger partial charge in [-0.1, -0.05) is 0 Å². The fourth-order valence-corrected chi connectivity index (χ4v) is 4.17. The van der Waals surface area contributed by atoms with Crippen LogP contribution in [0, 0.1) is 23.7 Å². The van der Waals surface area contributed by atoms with E-state index in [0.29, 0.717) is 11.8 Å². The highest BCUT2D eigenvalue weighted by Crippen LogP contribution is 2.54. The fraction of sp³-hybridized carbons (Fsp3) is 0.909. The first-order valence-corrected chi connectivity index (χ1v) is 5.58. The van der Waals surface area contributed by atoms with Gasteiger partial charge >= 0.3 is 6.22 Å². The van der Waals surface area contributed by atoms with E-state index >= 15 is 0 Å². The zero-order valence-corrected chi connectivity index (χ0v) is 8.12. The predicted octanol–water partition coefficient (Wildman–Crippen LogP) is 2.92. The van der Waals surface area contributed by atoms with Crippen molar-refractivity contribution in [2.45, 2.75) is 38.2 Å². The van der Waals surface area contributed by atoms with Crippen LogP contribution in [-0.4, -0.2) is 12.3 Å². The van der Waals surface area contributed by atoms with E-state index in [4.69, 9.17) is 4.74 Å². The van der Waals surface area contributed by atoms with Gasteiger partial charge in [0, 0.05) is 0 Å². The van der Waals surface area contributed by atoms with Gasteiger partial charge in [0.25, 0.3) is 0 Å². The summed E-state index contributed by atoms with van der Waals surface area (Å²) in [6.07, 6.45) is 4.32. The molecule has 0 saturated heterocycles. The van der Waals surface area contributed by atoms with Gasteiger partial charge in [-0.15, -0.1) is 4.39 Å². The van der Waals surface area contributed by atoms with E-state index in [1.54, 1.807) is 0 Å². The van der Waals surface area contributed by atoms with Crippen molar-refractivity contribution >= 4 is 6.22 Å². The Morgan fingerprint density at radius 3 is 1.93 bits per heavy atom. The lowest BCUT2D eigenvalue weighted by atomic mass is 9.55. The largest absolute Gasteiger partial charge is 0.495 e. The number of rotatable bonds is 1. The van der Waals surface area contributed by atoms with Gasteiger partial charge in [0.05, 0.1) is 0 Å². The molecule has 0 aliphatic heterocycles. The van der Waals surface area contributed by atoms with Crippen molar-refractivity contribution in [1.29, 1.82) is 0 Å². The first kappa shape index (κ1) is 8.69. The monoisotopic (exact) mass is 198 g/mol. The third kappa shape index (κ3) is 1.25. The molecule has 0 unspecified atom stereocenters. The SMILES string of the molecule is O=C(F)OC1C2CC3CC(C2)CC1C3. The van der Waals surface area contributed by atoms with Gasteiger partial charge in [-0.25, -0.2) is 4.79 Å². The first-order chi connectivity index (χ1) is 6.72. The van der Waals surface area contributed by atoms with Crippen molar-refractivity contribution in [3.63, 3.8) is 0 Å². The Bertz CT molecular complexity index is 236. The van der Waals surface area contributed by atoms with E-state index < -0.39 is 6.22 Å². The molecule has 78 valence electrons. The minimum atomic E-state index is -1.58. The number of hydrogen-bond acceptors (Lipinski definition) is 2. The molecule has 0 spiro atoms. The summed E-state index contributed by atoms with van der Waals surface area (Å²) in [6, 6.07) is 0. The van der Waals surface area contributed by atoms with Crippen molar-refractivity contribution in [2.24, 2.45) is 23.7 Å². The minimum Gasteiger partial charge on any atom is -0.436 e. The lowest BCUT2D eigenvalue weighted by molar-refractivity contribution is -0.101. The molecule has 0 N–H and O–H groups in total. The van der Waals surface area contributed by atoms with Gasteiger partial charge in [-0.3, -0.25) is 0 Å². The molecular weight excluding hydrogens is 183 g/mol. The van der Waals surface area contributed by atoms with Crippen LogP contribution in [0.2, 0.25) is 0 Å². The third-order valence-corrected chi connectivity index (χ3v) is 4.37. The van der Waals surface area contributed by atoms with Crippen LogP contribution in [0.5, 0.6) is 0 Å². The number of ether oxygens (including phenoxy) is 1. The molecule has 4 aliphatic rings. The molecule has 4 saturated carbocycles. The highest BCUT2D eigenvalue weighted by atomic mass is 19.1. The minimum absolute atomic E-state index is 0.0969. The Kier molecular flexibility index (Phi) is 1.83. The summed E-state index contributed by atoms with van der Waals surface area (Å²) in [7, 11) is 0. The third-order valence-electron chi connectivity index (χ3n) is 4.37. The van der Waals surface area contributed by atoms with Crippen molar-refractivity contribution in [3.05, 3.63) is 0 Å². The van der Waals surface area contributed by atoms with Gasteiger partial charge < -0.3 is 4.74 Å². The average Bonchev–Trinajstić information content (AvgIpc) is 2.09. The van der Waals surface area contributed by atoms with Crippen LogP contribution in [0.25, 0.3) is 0 Å². The standard InChI is InChI=1S/C11H15FO2/c12-11(13)14-10-8-2-6-1-7(4-8)5-9(10)3-6/h6-10H,1-5H2. The molecule has 0 aromatic heterocycles. The zero-order valence-electron chi connectivity index (χ0n) is 8.12. The van der Waals surface area contributed by atoms with E-state index in [-0.39, 0.29) is 6.10 Å². The molecule has 14 heavy (non-hydrogen) atoms. The molecule has 0 amide bonds. The molecule has 0 atom stereocenters. The maximum absolute atomic E-state index is 12.2. The highest BCUT2D eigenvalue weighted by molar-refractivity contribution is 5.58. The molecule has 3 heteroatoms. The van der Waals surface area contributed by atoms with Crippen LogP contribution in [0.3, 0.4) is 0 Å².